The van der Waals surface area contributed by atoms with E-state index in [4.69, 9.17) is 0 Å². The maximum atomic E-state index is 2.30. The SMILES string of the molecule is Cc1cccc(-c2cccc(-c3cccc(-c4ccc(-c5cccc(-c6cccc(-c7ccccc7)c6)c5)cc4)c3)c2)c1. The molecule has 7 rings (SSSR count). The highest BCUT2D eigenvalue weighted by Gasteiger charge is 2.07. The molecule has 7 aromatic rings. The van der Waals surface area contributed by atoms with E-state index in [9.17, 15) is 0 Å². The number of hydrogen-bond donors (Lipinski definition) is 0. The lowest BCUT2D eigenvalue weighted by atomic mass is 9.94. The Labute approximate surface area is 254 Å². The van der Waals surface area contributed by atoms with E-state index in [0.717, 1.165) is 0 Å². The van der Waals surface area contributed by atoms with Crippen molar-refractivity contribution in [3.05, 3.63) is 181 Å². The summed E-state index contributed by atoms with van der Waals surface area (Å²) in [5.41, 5.74) is 16.0. The molecule has 0 radical (unpaired) electrons. The molecule has 0 saturated carbocycles. The van der Waals surface area contributed by atoms with Gasteiger partial charge in [-0.05, 0) is 98.0 Å². The van der Waals surface area contributed by atoms with Crippen LogP contribution in [0.15, 0.2) is 176 Å². The molecule has 0 unspecified atom stereocenters. The van der Waals surface area contributed by atoms with Crippen LogP contribution in [0.2, 0.25) is 0 Å². The molecule has 43 heavy (non-hydrogen) atoms. The Hall–Kier alpha value is -5.46. The van der Waals surface area contributed by atoms with E-state index in [1.807, 2.05) is 0 Å². The van der Waals surface area contributed by atoms with Crippen molar-refractivity contribution in [3.8, 4) is 66.8 Å². The van der Waals surface area contributed by atoms with Gasteiger partial charge >= 0.3 is 0 Å². The fourth-order valence-corrected chi connectivity index (χ4v) is 5.82. The van der Waals surface area contributed by atoms with Crippen molar-refractivity contribution in [2.24, 2.45) is 0 Å². The molecule has 0 saturated heterocycles. The fourth-order valence-electron chi connectivity index (χ4n) is 5.82. The zero-order valence-electron chi connectivity index (χ0n) is 24.2. The van der Waals surface area contributed by atoms with E-state index >= 15 is 0 Å². The minimum absolute atomic E-state index is 1.21. The lowest BCUT2D eigenvalue weighted by Crippen LogP contribution is -1.85. The first-order valence-corrected chi connectivity index (χ1v) is 14.8. The van der Waals surface area contributed by atoms with E-state index in [2.05, 4.69) is 183 Å². The van der Waals surface area contributed by atoms with Crippen LogP contribution in [-0.2, 0) is 0 Å². The summed E-state index contributed by atoms with van der Waals surface area (Å²) in [5, 5.41) is 0. The van der Waals surface area contributed by atoms with Crippen molar-refractivity contribution in [3.63, 3.8) is 0 Å². The average molecular weight is 549 g/mol. The van der Waals surface area contributed by atoms with Crippen LogP contribution in [0.25, 0.3) is 66.8 Å². The van der Waals surface area contributed by atoms with Gasteiger partial charge in [0, 0.05) is 0 Å². The molecule has 0 aliphatic carbocycles. The van der Waals surface area contributed by atoms with Crippen LogP contribution in [0.4, 0.5) is 0 Å². The third-order valence-corrected chi connectivity index (χ3v) is 8.13. The second-order valence-electron chi connectivity index (χ2n) is 11.1. The first kappa shape index (κ1) is 26.4. The van der Waals surface area contributed by atoms with E-state index in [0.29, 0.717) is 0 Å². The van der Waals surface area contributed by atoms with Crippen LogP contribution < -0.4 is 0 Å². The smallest absolute Gasteiger partial charge is 0.0178 e. The summed E-state index contributed by atoms with van der Waals surface area (Å²) in [5.74, 6) is 0. The molecule has 0 heterocycles. The molecule has 0 bridgehead atoms. The highest BCUT2D eigenvalue weighted by molar-refractivity contribution is 5.80. The first-order valence-electron chi connectivity index (χ1n) is 14.8. The second-order valence-corrected chi connectivity index (χ2v) is 11.1. The van der Waals surface area contributed by atoms with Crippen molar-refractivity contribution in [1.82, 2.24) is 0 Å². The summed E-state index contributed by atoms with van der Waals surface area (Å²) < 4.78 is 0. The van der Waals surface area contributed by atoms with Gasteiger partial charge in [0.25, 0.3) is 0 Å². The molecule has 0 spiro atoms. The van der Waals surface area contributed by atoms with E-state index in [1.54, 1.807) is 0 Å². The Kier molecular flexibility index (Phi) is 7.26. The van der Waals surface area contributed by atoms with Crippen LogP contribution >= 0.6 is 0 Å². The molecule has 0 N–H and O–H groups in total. The van der Waals surface area contributed by atoms with E-state index in [-0.39, 0.29) is 0 Å². The summed E-state index contributed by atoms with van der Waals surface area (Å²) in [6, 6.07) is 63.5. The minimum atomic E-state index is 1.21. The maximum absolute atomic E-state index is 2.30. The average Bonchev–Trinajstić information content (AvgIpc) is 3.09. The molecule has 0 aliphatic heterocycles. The number of aryl methyl sites for hydroxylation is 1. The van der Waals surface area contributed by atoms with Gasteiger partial charge in [-0.2, -0.15) is 0 Å². The van der Waals surface area contributed by atoms with Crippen LogP contribution in [0.1, 0.15) is 5.56 Å². The van der Waals surface area contributed by atoms with Crippen LogP contribution in [0.5, 0.6) is 0 Å². The predicted octanol–water partition coefficient (Wildman–Crippen LogP) is 12.0. The first-order chi connectivity index (χ1) is 21.2. The predicted molar refractivity (Wildman–Crippen MR) is 184 cm³/mol. The van der Waals surface area contributed by atoms with Crippen LogP contribution in [-0.4, -0.2) is 0 Å². The van der Waals surface area contributed by atoms with Gasteiger partial charge in [0.15, 0.2) is 0 Å². The molecule has 0 atom stereocenters. The highest BCUT2D eigenvalue weighted by atomic mass is 14.1. The molecule has 0 nitrogen and oxygen atoms in total. The van der Waals surface area contributed by atoms with Crippen molar-refractivity contribution < 1.29 is 0 Å². The van der Waals surface area contributed by atoms with Crippen molar-refractivity contribution in [2.45, 2.75) is 6.92 Å². The lowest BCUT2D eigenvalue weighted by Gasteiger charge is -2.11. The summed E-state index contributed by atoms with van der Waals surface area (Å²) in [6.07, 6.45) is 0. The van der Waals surface area contributed by atoms with Crippen molar-refractivity contribution >= 4 is 0 Å². The van der Waals surface area contributed by atoms with Gasteiger partial charge < -0.3 is 0 Å². The van der Waals surface area contributed by atoms with Gasteiger partial charge in [-0.25, -0.2) is 0 Å². The monoisotopic (exact) mass is 548 g/mol. The van der Waals surface area contributed by atoms with Crippen LogP contribution in [0, 0.1) is 6.92 Å². The highest BCUT2D eigenvalue weighted by Crippen LogP contribution is 2.33. The summed E-state index contributed by atoms with van der Waals surface area (Å²) >= 11 is 0. The Morgan fingerprint density at radius 3 is 0.814 bits per heavy atom. The quantitative estimate of drug-likeness (QED) is 0.194. The van der Waals surface area contributed by atoms with Gasteiger partial charge in [0.2, 0.25) is 0 Å². The van der Waals surface area contributed by atoms with Crippen LogP contribution in [0.3, 0.4) is 0 Å². The van der Waals surface area contributed by atoms with Gasteiger partial charge in [0.05, 0.1) is 0 Å². The fraction of sp³-hybridized carbons (Fsp3) is 0.0233. The Balaban J connectivity index is 1.14. The molecule has 0 amide bonds. The molecule has 7 aromatic carbocycles. The normalized spacial score (nSPS) is 10.9. The zero-order chi connectivity index (χ0) is 29.0. The third kappa shape index (κ3) is 5.82. The Bertz CT molecular complexity index is 2010. The van der Waals surface area contributed by atoms with Gasteiger partial charge in [-0.1, -0.05) is 157 Å². The second kappa shape index (κ2) is 11.8. The minimum Gasteiger partial charge on any atom is -0.0622 e. The number of rotatable bonds is 6. The lowest BCUT2D eigenvalue weighted by molar-refractivity contribution is 1.47. The van der Waals surface area contributed by atoms with Gasteiger partial charge in [-0.3, -0.25) is 0 Å². The van der Waals surface area contributed by atoms with Gasteiger partial charge in [0.1, 0.15) is 0 Å². The molecular formula is C43H32. The maximum Gasteiger partial charge on any atom is -0.0178 e. The molecule has 0 fully saturated rings. The van der Waals surface area contributed by atoms with Crippen molar-refractivity contribution in [1.29, 1.82) is 0 Å². The Morgan fingerprint density at radius 1 is 0.209 bits per heavy atom. The third-order valence-electron chi connectivity index (χ3n) is 8.13. The topological polar surface area (TPSA) is 0 Å². The number of benzene rings is 7. The summed E-state index contributed by atoms with van der Waals surface area (Å²) in [4.78, 5) is 0. The molecular weight excluding hydrogens is 516 g/mol. The standard InChI is InChI=1S/C43H32/c1-31-10-5-13-35(26-31)39-17-9-21-43(30-39)42-20-8-16-38(29-42)34-24-22-33(23-25-34)37-15-7-19-41(28-37)40-18-6-14-36(27-40)32-11-3-2-4-12-32/h2-30H,1H3. The van der Waals surface area contributed by atoms with E-state index in [1.165, 1.54) is 72.3 Å². The Morgan fingerprint density at radius 2 is 0.465 bits per heavy atom. The largest absolute Gasteiger partial charge is 0.0622 e. The molecule has 0 aromatic heterocycles. The summed E-state index contributed by atoms with van der Waals surface area (Å²) in [6.45, 7) is 2.14. The van der Waals surface area contributed by atoms with E-state index < -0.39 is 0 Å². The molecule has 0 aliphatic rings. The number of hydrogen-bond acceptors (Lipinski definition) is 0. The summed E-state index contributed by atoms with van der Waals surface area (Å²) in [7, 11) is 0. The molecule has 204 valence electrons. The zero-order valence-corrected chi connectivity index (χ0v) is 24.2. The van der Waals surface area contributed by atoms with Crippen molar-refractivity contribution in [2.75, 3.05) is 0 Å². The van der Waals surface area contributed by atoms with Gasteiger partial charge in [-0.15, -0.1) is 0 Å². The molecule has 0 heteroatoms.